The Hall–Kier alpha value is -1.16. The Bertz CT molecular complexity index is 485. The molecule has 1 heterocycles. The van der Waals surface area contributed by atoms with Crippen molar-refractivity contribution in [1.82, 2.24) is 4.90 Å². The fraction of sp³-hybridized carbons (Fsp3) is 0.562. The van der Waals surface area contributed by atoms with E-state index in [9.17, 15) is 4.79 Å². The Morgan fingerprint density at radius 3 is 2.70 bits per heavy atom. The van der Waals surface area contributed by atoms with Gasteiger partial charge in [-0.3, -0.25) is 4.79 Å². The molecule has 1 saturated carbocycles. The Morgan fingerprint density at radius 1 is 1.20 bits per heavy atom. The Balaban J connectivity index is 1.89. The van der Waals surface area contributed by atoms with Crippen LogP contribution < -0.4 is 4.74 Å². The number of hydrogen-bond donors (Lipinski definition) is 0. The fourth-order valence-electron chi connectivity index (χ4n) is 3.30. The topological polar surface area (TPSA) is 29.5 Å². The van der Waals surface area contributed by atoms with Crippen molar-refractivity contribution in [2.75, 3.05) is 12.9 Å². The van der Waals surface area contributed by atoms with Gasteiger partial charge in [0, 0.05) is 11.6 Å². The first kappa shape index (κ1) is 13.8. The van der Waals surface area contributed by atoms with Gasteiger partial charge in [0.15, 0.2) is 0 Å². The van der Waals surface area contributed by atoms with Crippen LogP contribution in [0, 0.1) is 0 Å². The largest absolute Gasteiger partial charge is 0.496 e. The molecule has 2 aliphatic rings. The molecule has 1 aliphatic heterocycles. The summed E-state index contributed by atoms with van der Waals surface area (Å²) in [5.41, 5.74) is 1.14. The molecule has 1 saturated heterocycles. The quantitative estimate of drug-likeness (QED) is 0.852. The van der Waals surface area contributed by atoms with Gasteiger partial charge in [-0.2, -0.15) is 0 Å². The molecular formula is C16H21NO2S. The average molecular weight is 291 g/mol. The smallest absolute Gasteiger partial charge is 0.234 e. The number of thioether (sulfide) groups is 1. The van der Waals surface area contributed by atoms with E-state index >= 15 is 0 Å². The first-order valence-corrected chi connectivity index (χ1v) is 8.42. The number of carbonyl (C=O) groups excluding carboxylic acids is 1. The van der Waals surface area contributed by atoms with Crippen LogP contribution in [0.3, 0.4) is 0 Å². The molecule has 1 aromatic carbocycles. The van der Waals surface area contributed by atoms with Crippen LogP contribution in [-0.2, 0) is 4.79 Å². The molecule has 0 aromatic heterocycles. The monoisotopic (exact) mass is 291 g/mol. The van der Waals surface area contributed by atoms with E-state index in [0.29, 0.717) is 11.8 Å². The van der Waals surface area contributed by atoms with E-state index in [1.54, 1.807) is 18.9 Å². The van der Waals surface area contributed by atoms with Gasteiger partial charge >= 0.3 is 0 Å². The number of nitrogens with zero attached hydrogens (tertiary/aromatic N) is 1. The zero-order valence-corrected chi connectivity index (χ0v) is 12.7. The lowest BCUT2D eigenvalue weighted by Gasteiger charge is -2.35. The highest BCUT2D eigenvalue weighted by Gasteiger charge is 2.39. The number of para-hydroxylation sites is 1. The van der Waals surface area contributed by atoms with Crippen LogP contribution >= 0.6 is 11.8 Å². The Kier molecular flexibility index (Phi) is 4.20. The number of carbonyl (C=O) groups is 1. The lowest BCUT2D eigenvalue weighted by atomic mass is 9.93. The zero-order chi connectivity index (χ0) is 13.9. The Morgan fingerprint density at radius 2 is 1.95 bits per heavy atom. The van der Waals surface area contributed by atoms with E-state index < -0.39 is 0 Å². The van der Waals surface area contributed by atoms with Crippen LogP contribution in [0.15, 0.2) is 24.3 Å². The first-order valence-electron chi connectivity index (χ1n) is 7.37. The van der Waals surface area contributed by atoms with Gasteiger partial charge in [0.05, 0.1) is 12.9 Å². The van der Waals surface area contributed by atoms with Gasteiger partial charge in [-0.1, -0.05) is 37.5 Å². The number of rotatable bonds is 3. The molecule has 0 spiro atoms. The van der Waals surface area contributed by atoms with Gasteiger partial charge in [-0.05, 0) is 18.9 Å². The minimum absolute atomic E-state index is 0.127. The van der Waals surface area contributed by atoms with E-state index in [0.717, 1.165) is 24.2 Å². The summed E-state index contributed by atoms with van der Waals surface area (Å²) < 4.78 is 5.48. The first-order chi connectivity index (χ1) is 9.81. The maximum absolute atomic E-state index is 12.3. The van der Waals surface area contributed by atoms with Gasteiger partial charge in [0.1, 0.15) is 11.1 Å². The summed E-state index contributed by atoms with van der Waals surface area (Å²) in [4.78, 5) is 14.4. The SMILES string of the molecule is COc1ccccc1C1SCC(=O)N1C1CCCCC1. The van der Waals surface area contributed by atoms with Gasteiger partial charge in [-0.25, -0.2) is 0 Å². The molecule has 108 valence electrons. The number of benzene rings is 1. The summed E-state index contributed by atoms with van der Waals surface area (Å²) in [5.74, 6) is 1.78. The third kappa shape index (κ3) is 2.53. The highest BCUT2D eigenvalue weighted by Crippen LogP contribution is 2.45. The molecule has 2 fully saturated rings. The van der Waals surface area contributed by atoms with Gasteiger partial charge in [-0.15, -0.1) is 11.8 Å². The average Bonchev–Trinajstić information content (AvgIpc) is 2.89. The number of methoxy groups -OCH3 is 1. The molecule has 0 bridgehead atoms. The van der Waals surface area contributed by atoms with Crippen molar-refractivity contribution < 1.29 is 9.53 Å². The van der Waals surface area contributed by atoms with Crippen molar-refractivity contribution in [3.63, 3.8) is 0 Å². The van der Waals surface area contributed by atoms with Gasteiger partial charge in [0.25, 0.3) is 0 Å². The van der Waals surface area contributed by atoms with Gasteiger partial charge < -0.3 is 9.64 Å². The molecule has 3 rings (SSSR count). The van der Waals surface area contributed by atoms with Crippen LogP contribution in [0.5, 0.6) is 5.75 Å². The second-order valence-electron chi connectivity index (χ2n) is 5.50. The minimum atomic E-state index is 0.127. The predicted molar refractivity (Wildman–Crippen MR) is 81.9 cm³/mol. The molecule has 1 unspecified atom stereocenters. The number of ether oxygens (including phenoxy) is 1. The van der Waals surface area contributed by atoms with Crippen molar-refractivity contribution >= 4 is 17.7 Å². The summed E-state index contributed by atoms with van der Waals surface area (Å²) in [6, 6.07) is 8.50. The molecule has 1 atom stereocenters. The van der Waals surface area contributed by atoms with E-state index in [2.05, 4.69) is 11.0 Å². The van der Waals surface area contributed by atoms with Crippen LogP contribution in [0.4, 0.5) is 0 Å². The maximum atomic E-state index is 12.3. The molecular weight excluding hydrogens is 270 g/mol. The van der Waals surface area contributed by atoms with Crippen molar-refractivity contribution in [3.05, 3.63) is 29.8 Å². The number of amides is 1. The van der Waals surface area contributed by atoms with Crippen LogP contribution in [0.2, 0.25) is 0 Å². The van der Waals surface area contributed by atoms with Gasteiger partial charge in [0.2, 0.25) is 5.91 Å². The van der Waals surface area contributed by atoms with E-state index in [1.807, 2.05) is 18.2 Å². The lowest BCUT2D eigenvalue weighted by Crippen LogP contribution is -2.39. The van der Waals surface area contributed by atoms with E-state index in [1.165, 1.54) is 19.3 Å². The van der Waals surface area contributed by atoms with Crippen LogP contribution in [0.1, 0.15) is 43.0 Å². The summed E-state index contributed by atoms with van der Waals surface area (Å²) >= 11 is 1.73. The molecule has 0 radical (unpaired) electrons. The molecule has 1 aromatic rings. The summed E-state index contributed by atoms with van der Waals surface area (Å²) in [6.45, 7) is 0. The molecule has 4 heteroatoms. The third-order valence-corrected chi connectivity index (χ3v) is 5.49. The van der Waals surface area contributed by atoms with Crippen molar-refractivity contribution in [3.8, 4) is 5.75 Å². The molecule has 0 N–H and O–H groups in total. The zero-order valence-electron chi connectivity index (χ0n) is 11.9. The van der Waals surface area contributed by atoms with Crippen molar-refractivity contribution in [2.45, 2.75) is 43.5 Å². The maximum Gasteiger partial charge on any atom is 0.234 e. The summed E-state index contributed by atoms with van der Waals surface area (Å²) in [6.07, 6.45) is 6.11. The molecule has 1 amide bonds. The highest BCUT2D eigenvalue weighted by atomic mass is 32.2. The van der Waals surface area contributed by atoms with E-state index in [-0.39, 0.29) is 11.3 Å². The third-order valence-electron chi connectivity index (χ3n) is 4.28. The normalized spacial score (nSPS) is 24.1. The second-order valence-corrected chi connectivity index (χ2v) is 6.57. The Labute approximate surface area is 124 Å². The van der Waals surface area contributed by atoms with Crippen molar-refractivity contribution in [1.29, 1.82) is 0 Å². The second kappa shape index (κ2) is 6.08. The summed E-state index contributed by atoms with van der Waals surface area (Å²) in [7, 11) is 1.70. The summed E-state index contributed by atoms with van der Waals surface area (Å²) in [5, 5.41) is 0.127. The molecule has 1 aliphatic carbocycles. The predicted octanol–water partition coefficient (Wildman–Crippen LogP) is 3.60. The highest BCUT2D eigenvalue weighted by molar-refractivity contribution is 8.00. The fourth-order valence-corrected chi connectivity index (χ4v) is 4.57. The minimum Gasteiger partial charge on any atom is -0.496 e. The van der Waals surface area contributed by atoms with Crippen molar-refractivity contribution in [2.24, 2.45) is 0 Å². The number of hydrogen-bond acceptors (Lipinski definition) is 3. The van der Waals surface area contributed by atoms with Crippen LogP contribution in [0.25, 0.3) is 0 Å². The van der Waals surface area contributed by atoms with Crippen LogP contribution in [-0.4, -0.2) is 29.7 Å². The standard InChI is InChI=1S/C16H21NO2S/c1-19-14-10-6-5-9-13(14)16-17(15(18)11-20-16)12-7-3-2-4-8-12/h5-6,9-10,12,16H,2-4,7-8,11H2,1H3. The molecule has 3 nitrogen and oxygen atoms in total. The molecule has 20 heavy (non-hydrogen) atoms. The van der Waals surface area contributed by atoms with E-state index in [4.69, 9.17) is 4.74 Å². The lowest BCUT2D eigenvalue weighted by molar-refractivity contribution is -0.131.